The molecular weight excluding hydrogens is 512 g/mol. The molecule has 0 bridgehead atoms. The van der Waals surface area contributed by atoms with Gasteiger partial charge in [-0.1, -0.05) is 86.3 Å². The van der Waals surface area contributed by atoms with Crippen LogP contribution in [0.3, 0.4) is 0 Å². The first-order valence-electron chi connectivity index (χ1n) is 13.4. The Kier molecular flexibility index (Phi) is 12.4. The van der Waals surface area contributed by atoms with Crippen LogP contribution in [0.2, 0.25) is 0 Å². The van der Waals surface area contributed by atoms with E-state index in [1.807, 2.05) is 30.3 Å². The minimum atomic E-state index is -1.58. The maximum Gasteiger partial charge on any atom is 0.335 e. The van der Waals surface area contributed by atoms with Crippen LogP contribution < -0.4 is 4.74 Å². The predicted molar refractivity (Wildman–Crippen MR) is 156 cm³/mol. The van der Waals surface area contributed by atoms with Gasteiger partial charge in [-0.15, -0.1) is 11.8 Å². The first-order chi connectivity index (χ1) is 18.9. The number of carboxylic acids is 2. The summed E-state index contributed by atoms with van der Waals surface area (Å²) in [5, 5.41) is 28.8. The molecule has 0 radical (unpaired) electrons. The van der Waals surface area contributed by atoms with Crippen molar-refractivity contribution < 1.29 is 29.6 Å². The van der Waals surface area contributed by atoms with Gasteiger partial charge in [0.1, 0.15) is 5.75 Å². The van der Waals surface area contributed by atoms with Gasteiger partial charge in [0.15, 0.2) is 6.10 Å². The van der Waals surface area contributed by atoms with Crippen molar-refractivity contribution >= 4 is 23.7 Å². The lowest BCUT2D eigenvalue weighted by Gasteiger charge is -2.23. The highest BCUT2D eigenvalue weighted by atomic mass is 32.2. The van der Waals surface area contributed by atoms with Crippen LogP contribution in [0.5, 0.6) is 5.75 Å². The number of aliphatic hydroxyl groups is 1. The lowest BCUT2D eigenvalue weighted by atomic mass is 9.96. The molecule has 3 aromatic rings. The minimum Gasteiger partial charge on any atom is -0.496 e. The van der Waals surface area contributed by atoms with Gasteiger partial charge >= 0.3 is 11.9 Å². The lowest BCUT2D eigenvalue weighted by molar-refractivity contribution is -0.146. The molecule has 39 heavy (non-hydrogen) atoms. The van der Waals surface area contributed by atoms with Crippen LogP contribution in [0.15, 0.2) is 72.8 Å². The number of aromatic carboxylic acids is 1. The van der Waals surface area contributed by atoms with Crippen molar-refractivity contribution in [2.45, 2.75) is 68.5 Å². The Bertz CT molecular complexity index is 1200. The molecule has 0 saturated heterocycles. The number of carboxylic acid groups (broad SMARTS) is 2. The minimum absolute atomic E-state index is 0.115. The molecule has 2 atom stereocenters. The Hall–Kier alpha value is -3.29. The summed E-state index contributed by atoms with van der Waals surface area (Å²) >= 11 is 1.31. The average molecular weight is 551 g/mol. The number of aliphatic hydroxyl groups excluding tert-OH is 1. The van der Waals surface area contributed by atoms with E-state index in [0.717, 1.165) is 42.4 Å². The van der Waals surface area contributed by atoms with Crippen molar-refractivity contribution in [3.63, 3.8) is 0 Å². The van der Waals surface area contributed by atoms with E-state index in [2.05, 4.69) is 24.3 Å². The summed E-state index contributed by atoms with van der Waals surface area (Å²) in [6.45, 7) is 0. The molecule has 0 aromatic heterocycles. The normalized spacial score (nSPS) is 12.6. The molecule has 0 fully saturated rings. The maximum atomic E-state index is 11.8. The molecule has 0 aliphatic heterocycles. The topological polar surface area (TPSA) is 104 Å². The van der Waals surface area contributed by atoms with Crippen LogP contribution in [0.4, 0.5) is 0 Å². The second kappa shape index (κ2) is 16.0. The second-order valence-corrected chi connectivity index (χ2v) is 10.8. The summed E-state index contributed by atoms with van der Waals surface area (Å²) in [4.78, 5) is 23.1. The molecule has 7 heteroatoms. The van der Waals surface area contributed by atoms with Gasteiger partial charge in [-0.05, 0) is 54.5 Å². The van der Waals surface area contributed by atoms with Crippen LogP contribution in [0, 0.1) is 0 Å². The van der Waals surface area contributed by atoms with Gasteiger partial charge in [0.2, 0.25) is 0 Å². The maximum absolute atomic E-state index is 11.8. The molecule has 3 rings (SSSR count). The number of rotatable bonds is 17. The molecule has 2 unspecified atom stereocenters. The van der Waals surface area contributed by atoms with E-state index in [0.29, 0.717) is 11.5 Å². The summed E-state index contributed by atoms with van der Waals surface area (Å²) in [5.74, 6) is -1.54. The van der Waals surface area contributed by atoms with E-state index >= 15 is 0 Å². The molecule has 0 amide bonds. The van der Waals surface area contributed by atoms with Crippen molar-refractivity contribution in [2.75, 3.05) is 7.11 Å². The molecule has 3 N–H and O–H groups in total. The summed E-state index contributed by atoms with van der Waals surface area (Å²) in [5.41, 5.74) is 4.11. The average Bonchev–Trinajstić information content (AvgIpc) is 2.95. The fourth-order valence-corrected chi connectivity index (χ4v) is 6.00. The SMILES string of the molecule is COc1cc(C(=O)O)ccc1CSC(c1ccccc1CCCCCCCCc1ccccc1)C(O)C(=O)O. The first kappa shape index (κ1) is 30.3. The number of hydrogen-bond acceptors (Lipinski definition) is 5. The molecule has 0 saturated carbocycles. The molecule has 3 aromatic carbocycles. The Morgan fingerprint density at radius 3 is 2.10 bits per heavy atom. The zero-order chi connectivity index (χ0) is 28.0. The fraction of sp³-hybridized carbons (Fsp3) is 0.375. The molecule has 0 aliphatic rings. The number of benzene rings is 3. The molecule has 0 spiro atoms. The third-order valence-electron chi connectivity index (χ3n) is 6.86. The van der Waals surface area contributed by atoms with Crippen molar-refractivity contribution in [3.05, 3.63) is 101 Å². The first-order valence-corrected chi connectivity index (χ1v) is 14.5. The van der Waals surface area contributed by atoms with Crippen molar-refractivity contribution in [1.29, 1.82) is 0 Å². The van der Waals surface area contributed by atoms with E-state index < -0.39 is 23.3 Å². The zero-order valence-electron chi connectivity index (χ0n) is 22.4. The quantitative estimate of drug-likeness (QED) is 0.156. The highest BCUT2D eigenvalue weighted by molar-refractivity contribution is 7.98. The van der Waals surface area contributed by atoms with Crippen LogP contribution in [-0.2, 0) is 23.4 Å². The Morgan fingerprint density at radius 1 is 0.795 bits per heavy atom. The number of aryl methyl sites for hydroxylation is 2. The second-order valence-electron chi connectivity index (χ2n) is 9.65. The van der Waals surface area contributed by atoms with Gasteiger partial charge in [0.25, 0.3) is 0 Å². The Labute approximate surface area is 235 Å². The monoisotopic (exact) mass is 550 g/mol. The molecule has 0 heterocycles. The van der Waals surface area contributed by atoms with E-state index in [1.165, 1.54) is 62.3 Å². The summed E-state index contributed by atoms with van der Waals surface area (Å²) in [7, 11) is 1.47. The van der Waals surface area contributed by atoms with Gasteiger partial charge in [-0.3, -0.25) is 0 Å². The Balaban J connectivity index is 1.57. The van der Waals surface area contributed by atoms with Crippen LogP contribution in [0.25, 0.3) is 0 Å². The van der Waals surface area contributed by atoms with E-state index in [1.54, 1.807) is 6.07 Å². The molecule has 6 nitrogen and oxygen atoms in total. The van der Waals surface area contributed by atoms with E-state index in [9.17, 15) is 24.9 Å². The highest BCUT2D eigenvalue weighted by Gasteiger charge is 2.29. The highest BCUT2D eigenvalue weighted by Crippen LogP contribution is 2.39. The lowest BCUT2D eigenvalue weighted by Crippen LogP contribution is -2.26. The largest absolute Gasteiger partial charge is 0.496 e. The predicted octanol–water partition coefficient (Wildman–Crippen LogP) is 6.94. The smallest absolute Gasteiger partial charge is 0.335 e. The molecule has 208 valence electrons. The Morgan fingerprint density at radius 2 is 1.44 bits per heavy atom. The summed E-state index contributed by atoms with van der Waals surface area (Å²) in [6.07, 6.45) is 7.24. The summed E-state index contributed by atoms with van der Waals surface area (Å²) < 4.78 is 5.37. The van der Waals surface area contributed by atoms with Crippen LogP contribution in [0.1, 0.15) is 76.4 Å². The molecule has 0 aliphatic carbocycles. The number of unbranched alkanes of at least 4 members (excludes halogenated alkanes) is 5. The van der Waals surface area contributed by atoms with E-state index in [4.69, 9.17) is 4.74 Å². The number of ether oxygens (including phenoxy) is 1. The van der Waals surface area contributed by atoms with Gasteiger partial charge in [0, 0.05) is 11.3 Å². The van der Waals surface area contributed by atoms with Gasteiger partial charge in [0.05, 0.1) is 17.9 Å². The zero-order valence-corrected chi connectivity index (χ0v) is 23.2. The number of aliphatic carboxylic acids is 1. The molecular formula is C32H38O6S. The van der Waals surface area contributed by atoms with Crippen molar-refractivity contribution in [3.8, 4) is 5.75 Å². The fourth-order valence-electron chi connectivity index (χ4n) is 4.69. The summed E-state index contributed by atoms with van der Waals surface area (Å²) in [6, 6.07) is 22.9. The van der Waals surface area contributed by atoms with Crippen molar-refractivity contribution in [1.82, 2.24) is 0 Å². The van der Waals surface area contributed by atoms with Crippen LogP contribution in [-0.4, -0.2) is 40.5 Å². The number of carbonyl (C=O) groups is 2. The van der Waals surface area contributed by atoms with Gasteiger partial charge in [-0.25, -0.2) is 9.59 Å². The van der Waals surface area contributed by atoms with Crippen molar-refractivity contribution in [2.24, 2.45) is 0 Å². The van der Waals surface area contributed by atoms with Gasteiger partial charge < -0.3 is 20.1 Å². The standard InChI is InChI=1S/C32H38O6S/c1-38-28-21-25(31(34)35)19-20-26(28)22-39-30(29(33)32(36)37)27-18-12-11-17-24(27)16-10-5-3-2-4-7-13-23-14-8-6-9-15-23/h6,8-9,11-12,14-15,17-21,29-30,33H,2-5,7,10,13,16,22H2,1H3,(H,34,35)(H,36,37). The number of hydrogen-bond donors (Lipinski definition) is 3. The third-order valence-corrected chi connectivity index (χ3v) is 8.21. The van der Waals surface area contributed by atoms with E-state index in [-0.39, 0.29) is 5.56 Å². The third kappa shape index (κ3) is 9.44. The van der Waals surface area contributed by atoms with Crippen LogP contribution >= 0.6 is 11.8 Å². The van der Waals surface area contributed by atoms with Gasteiger partial charge in [-0.2, -0.15) is 0 Å². The number of thioether (sulfide) groups is 1. The number of methoxy groups -OCH3 is 1.